The van der Waals surface area contributed by atoms with Crippen LogP contribution in [0.25, 0.3) is 0 Å². The fourth-order valence-electron chi connectivity index (χ4n) is 1.02. The summed E-state index contributed by atoms with van der Waals surface area (Å²) >= 11 is 0. The summed E-state index contributed by atoms with van der Waals surface area (Å²) in [6.45, 7) is 4.16. The van der Waals surface area contributed by atoms with E-state index >= 15 is 0 Å². The molecule has 0 saturated heterocycles. The van der Waals surface area contributed by atoms with E-state index in [0.717, 1.165) is 6.42 Å². The van der Waals surface area contributed by atoms with Crippen LogP contribution in [0.4, 0.5) is 0 Å². The van der Waals surface area contributed by atoms with Crippen molar-refractivity contribution in [3.05, 3.63) is 42.4 Å². The van der Waals surface area contributed by atoms with Gasteiger partial charge < -0.3 is 5.32 Å². The topological polar surface area (TPSA) is 42.0 Å². The quantitative estimate of drug-likeness (QED) is 0.590. The van der Waals surface area contributed by atoms with E-state index in [1.54, 1.807) is 36.8 Å². The van der Waals surface area contributed by atoms with Gasteiger partial charge in [-0.05, 0) is 25.5 Å². The van der Waals surface area contributed by atoms with Gasteiger partial charge in [-0.25, -0.2) is 0 Å². The van der Waals surface area contributed by atoms with Crippen molar-refractivity contribution in [1.82, 2.24) is 10.3 Å². The molecule has 0 aliphatic rings. The Kier molecular flexibility index (Phi) is 4.54. The fourth-order valence-corrected chi connectivity index (χ4v) is 1.02. The highest BCUT2D eigenvalue weighted by molar-refractivity contribution is 6.04. The Balaban J connectivity index is 2.49. The highest BCUT2D eigenvalue weighted by Gasteiger charge is 1.99. The molecule has 80 valence electrons. The lowest BCUT2D eigenvalue weighted by molar-refractivity contribution is 0.104. The number of allylic oxidation sites excluding steroid dienone is 1. The minimum atomic E-state index is -0.00629. The minimum Gasteiger partial charge on any atom is -0.388 e. The second-order valence-corrected chi connectivity index (χ2v) is 3.41. The highest BCUT2D eigenvalue weighted by Crippen LogP contribution is 1.98. The standard InChI is InChI=1S/C12H16N2O/c1-3-10(2)14-9-6-12(15)11-4-7-13-8-5-11/h4-10,14H,3H2,1-2H3/b9-6-. The van der Waals surface area contributed by atoms with Gasteiger partial charge in [-0.3, -0.25) is 9.78 Å². The molecule has 1 aromatic heterocycles. The molecular formula is C12H16N2O. The van der Waals surface area contributed by atoms with Gasteiger partial charge in [0, 0.05) is 36.3 Å². The Labute approximate surface area is 90.2 Å². The molecule has 0 aromatic carbocycles. The molecule has 1 N–H and O–H groups in total. The molecule has 0 bridgehead atoms. The smallest absolute Gasteiger partial charge is 0.187 e. The maximum Gasteiger partial charge on any atom is 0.187 e. The van der Waals surface area contributed by atoms with Crippen LogP contribution in [0.3, 0.4) is 0 Å². The molecule has 0 fully saturated rings. The number of hydrogen-bond acceptors (Lipinski definition) is 3. The molecule has 3 nitrogen and oxygen atoms in total. The van der Waals surface area contributed by atoms with Crippen molar-refractivity contribution in [2.24, 2.45) is 0 Å². The van der Waals surface area contributed by atoms with Crippen molar-refractivity contribution in [3.63, 3.8) is 0 Å². The Morgan fingerprint density at radius 3 is 2.80 bits per heavy atom. The van der Waals surface area contributed by atoms with Gasteiger partial charge in [0.1, 0.15) is 0 Å². The van der Waals surface area contributed by atoms with Crippen molar-refractivity contribution in [2.45, 2.75) is 26.3 Å². The van der Waals surface area contributed by atoms with Gasteiger partial charge in [0.05, 0.1) is 0 Å². The molecule has 1 aromatic rings. The van der Waals surface area contributed by atoms with E-state index in [0.29, 0.717) is 11.6 Å². The van der Waals surface area contributed by atoms with Crippen molar-refractivity contribution in [1.29, 1.82) is 0 Å². The van der Waals surface area contributed by atoms with Crippen LogP contribution in [-0.4, -0.2) is 16.8 Å². The first-order valence-electron chi connectivity index (χ1n) is 5.11. The van der Waals surface area contributed by atoms with Crippen molar-refractivity contribution >= 4 is 5.78 Å². The first kappa shape index (κ1) is 11.4. The molecule has 0 radical (unpaired) electrons. The maximum absolute atomic E-state index is 11.6. The van der Waals surface area contributed by atoms with E-state index in [2.05, 4.69) is 24.1 Å². The Hall–Kier alpha value is -1.64. The monoisotopic (exact) mass is 204 g/mol. The zero-order valence-corrected chi connectivity index (χ0v) is 9.10. The van der Waals surface area contributed by atoms with E-state index in [1.165, 1.54) is 0 Å². The summed E-state index contributed by atoms with van der Waals surface area (Å²) in [5, 5.41) is 3.12. The molecular weight excluding hydrogens is 188 g/mol. The number of pyridine rings is 1. The third kappa shape index (κ3) is 3.94. The maximum atomic E-state index is 11.6. The summed E-state index contributed by atoms with van der Waals surface area (Å²) < 4.78 is 0. The summed E-state index contributed by atoms with van der Waals surface area (Å²) in [5.74, 6) is -0.00629. The van der Waals surface area contributed by atoms with Crippen LogP contribution >= 0.6 is 0 Å². The number of rotatable bonds is 5. The lowest BCUT2D eigenvalue weighted by Crippen LogP contribution is -2.19. The van der Waals surface area contributed by atoms with Gasteiger partial charge in [-0.1, -0.05) is 6.92 Å². The SMILES string of the molecule is CCC(C)N/C=C\C(=O)c1ccncc1. The second-order valence-electron chi connectivity index (χ2n) is 3.41. The summed E-state index contributed by atoms with van der Waals surface area (Å²) in [6.07, 6.45) is 7.51. The van der Waals surface area contributed by atoms with E-state index in [1.807, 2.05) is 0 Å². The van der Waals surface area contributed by atoms with Gasteiger partial charge in [-0.15, -0.1) is 0 Å². The van der Waals surface area contributed by atoms with Crippen LogP contribution in [0.15, 0.2) is 36.8 Å². The second kappa shape index (κ2) is 5.96. The molecule has 1 rings (SSSR count). The Bertz CT molecular complexity index is 333. The Morgan fingerprint density at radius 2 is 2.20 bits per heavy atom. The molecule has 1 unspecified atom stereocenters. The lowest BCUT2D eigenvalue weighted by Gasteiger charge is -2.06. The molecule has 0 amide bonds. The van der Waals surface area contributed by atoms with Crippen molar-refractivity contribution < 1.29 is 4.79 Å². The molecule has 0 aliphatic heterocycles. The number of ketones is 1. The van der Waals surface area contributed by atoms with Gasteiger partial charge >= 0.3 is 0 Å². The number of nitrogens with zero attached hydrogens (tertiary/aromatic N) is 1. The number of hydrogen-bond donors (Lipinski definition) is 1. The lowest BCUT2D eigenvalue weighted by atomic mass is 10.2. The normalized spacial score (nSPS) is 12.7. The average molecular weight is 204 g/mol. The van der Waals surface area contributed by atoms with Gasteiger partial charge in [0.2, 0.25) is 0 Å². The van der Waals surface area contributed by atoms with Crippen molar-refractivity contribution in [3.8, 4) is 0 Å². The van der Waals surface area contributed by atoms with Crippen LogP contribution in [0.2, 0.25) is 0 Å². The van der Waals surface area contributed by atoms with Crippen LogP contribution in [0, 0.1) is 0 Å². The third-order valence-electron chi connectivity index (χ3n) is 2.19. The Morgan fingerprint density at radius 1 is 1.53 bits per heavy atom. The van der Waals surface area contributed by atoms with Crippen LogP contribution in [0.1, 0.15) is 30.6 Å². The predicted molar refractivity (Wildman–Crippen MR) is 60.6 cm³/mol. The largest absolute Gasteiger partial charge is 0.388 e. The van der Waals surface area contributed by atoms with Crippen molar-refractivity contribution in [2.75, 3.05) is 0 Å². The zero-order chi connectivity index (χ0) is 11.1. The zero-order valence-electron chi connectivity index (χ0n) is 9.10. The van der Waals surface area contributed by atoms with Gasteiger partial charge in [-0.2, -0.15) is 0 Å². The minimum absolute atomic E-state index is 0.00629. The van der Waals surface area contributed by atoms with Crippen LogP contribution in [0.5, 0.6) is 0 Å². The van der Waals surface area contributed by atoms with Gasteiger partial charge in [0.15, 0.2) is 5.78 Å². The fraction of sp³-hybridized carbons (Fsp3) is 0.333. The molecule has 15 heavy (non-hydrogen) atoms. The molecule has 0 saturated carbocycles. The summed E-state index contributed by atoms with van der Waals surface area (Å²) in [5.41, 5.74) is 0.659. The molecule has 0 aliphatic carbocycles. The van der Waals surface area contributed by atoms with E-state index in [4.69, 9.17) is 0 Å². The third-order valence-corrected chi connectivity index (χ3v) is 2.19. The first-order valence-corrected chi connectivity index (χ1v) is 5.11. The molecule has 1 heterocycles. The summed E-state index contributed by atoms with van der Waals surface area (Å²) in [6, 6.07) is 3.80. The average Bonchev–Trinajstić information content (AvgIpc) is 2.29. The van der Waals surface area contributed by atoms with Crippen LogP contribution in [-0.2, 0) is 0 Å². The first-order chi connectivity index (χ1) is 7.24. The van der Waals surface area contributed by atoms with Gasteiger partial charge in [0.25, 0.3) is 0 Å². The van der Waals surface area contributed by atoms with E-state index in [9.17, 15) is 4.79 Å². The number of carbonyl (C=O) groups is 1. The number of aromatic nitrogens is 1. The molecule has 1 atom stereocenters. The number of nitrogens with one attached hydrogen (secondary N) is 1. The highest BCUT2D eigenvalue weighted by atomic mass is 16.1. The van der Waals surface area contributed by atoms with E-state index < -0.39 is 0 Å². The summed E-state index contributed by atoms with van der Waals surface area (Å²) in [7, 11) is 0. The predicted octanol–water partition coefficient (Wildman–Crippen LogP) is 2.17. The van der Waals surface area contributed by atoms with E-state index in [-0.39, 0.29) is 5.78 Å². The summed E-state index contributed by atoms with van der Waals surface area (Å²) in [4.78, 5) is 15.4. The van der Waals surface area contributed by atoms with Crippen LogP contribution < -0.4 is 5.32 Å². The molecule has 0 spiro atoms. The number of carbonyl (C=O) groups excluding carboxylic acids is 1. The molecule has 3 heteroatoms.